The smallest absolute Gasteiger partial charge is 0.0219 e. The fraction of sp³-hybridized carbons (Fsp3) is 1.00. The van der Waals surface area contributed by atoms with Gasteiger partial charge >= 0.3 is 0 Å². The molecule has 0 amide bonds. The number of nitrogens with zero attached hydrogens (tertiary/aromatic N) is 1. The average molecular weight is 197 g/mol. The van der Waals surface area contributed by atoms with Crippen LogP contribution in [-0.4, -0.2) is 49.7 Å². The lowest BCUT2D eigenvalue weighted by molar-refractivity contribution is 0.121. The van der Waals surface area contributed by atoms with Gasteiger partial charge in [-0.3, -0.25) is 4.90 Å². The van der Waals surface area contributed by atoms with Crippen molar-refractivity contribution in [2.24, 2.45) is 5.92 Å². The van der Waals surface area contributed by atoms with Crippen molar-refractivity contribution in [3.05, 3.63) is 0 Å². The first-order valence-electron chi connectivity index (χ1n) is 5.95. The SMILES string of the molecule is CC1NCCN(CC2CCNC2)C1C. The summed E-state index contributed by atoms with van der Waals surface area (Å²) in [4.78, 5) is 2.65. The quantitative estimate of drug-likeness (QED) is 0.666. The van der Waals surface area contributed by atoms with Gasteiger partial charge in [0.1, 0.15) is 0 Å². The van der Waals surface area contributed by atoms with E-state index in [1.807, 2.05) is 0 Å². The van der Waals surface area contributed by atoms with E-state index in [0.717, 1.165) is 12.5 Å². The van der Waals surface area contributed by atoms with E-state index in [2.05, 4.69) is 29.4 Å². The third-order valence-corrected chi connectivity index (χ3v) is 3.82. The van der Waals surface area contributed by atoms with E-state index in [1.54, 1.807) is 0 Å². The fourth-order valence-electron chi connectivity index (χ4n) is 2.59. The minimum Gasteiger partial charge on any atom is -0.316 e. The molecule has 3 nitrogen and oxygen atoms in total. The number of rotatable bonds is 2. The molecule has 2 fully saturated rings. The second kappa shape index (κ2) is 4.60. The molecular formula is C11H23N3. The van der Waals surface area contributed by atoms with Gasteiger partial charge < -0.3 is 10.6 Å². The summed E-state index contributed by atoms with van der Waals surface area (Å²) in [6, 6.07) is 1.35. The number of nitrogens with one attached hydrogen (secondary N) is 2. The molecule has 14 heavy (non-hydrogen) atoms. The molecule has 82 valence electrons. The summed E-state index contributed by atoms with van der Waals surface area (Å²) in [6.07, 6.45) is 1.37. The Balaban J connectivity index is 1.83. The zero-order chi connectivity index (χ0) is 9.97. The first kappa shape index (κ1) is 10.4. The van der Waals surface area contributed by atoms with Crippen molar-refractivity contribution in [3.8, 4) is 0 Å². The van der Waals surface area contributed by atoms with Gasteiger partial charge in [-0.15, -0.1) is 0 Å². The Morgan fingerprint density at radius 1 is 1.29 bits per heavy atom. The summed E-state index contributed by atoms with van der Waals surface area (Å²) < 4.78 is 0. The summed E-state index contributed by atoms with van der Waals surface area (Å²) in [5, 5.41) is 6.97. The standard InChI is InChI=1S/C11H23N3/c1-9-10(2)14(6-5-13-9)8-11-3-4-12-7-11/h9-13H,3-8H2,1-2H3. The zero-order valence-electron chi connectivity index (χ0n) is 9.42. The zero-order valence-corrected chi connectivity index (χ0v) is 9.42. The Bertz CT molecular complexity index is 177. The maximum atomic E-state index is 3.53. The lowest BCUT2D eigenvalue weighted by Crippen LogP contribution is -2.56. The Labute approximate surface area is 87.2 Å². The predicted octanol–water partition coefficient (Wildman–Crippen LogP) is 0.278. The molecule has 2 aliphatic rings. The van der Waals surface area contributed by atoms with Crippen LogP contribution in [0.15, 0.2) is 0 Å². The molecule has 2 aliphatic heterocycles. The largest absolute Gasteiger partial charge is 0.316 e. The van der Waals surface area contributed by atoms with E-state index >= 15 is 0 Å². The average Bonchev–Trinajstić information content (AvgIpc) is 2.66. The Kier molecular flexibility index (Phi) is 3.42. The van der Waals surface area contributed by atoms with Crippen LogP contribution >= 0.6 is 0 Å². The Hall–Kier alpha value is -0.120. The summed E-state index contributed by atoms with van der Waals surface area (Å²) in [5.74, 6) is 0.891. The van der Waals surface area contributed by atoms with Crippen molar-refractivity contribution >= 4 is 0 Å². The molecule has 0 aromatic rings. The topological polar surface area (TPSA) is 27.3 Å². The summed E-state index contributed by atoms with van der Waals surface area (Å²) in [5.41, 5.74) is 0. The van der Waals surface area contributed by atoms with Crippen LogP contribution in [0.3, 0.4) is 0 Å². The number of hydrogen-bond acceptors (Lipinski definition) is 3. The lowest BCUT2D eigenvalue weighted by Gasteiger charge is -2.39. The summed E-state index contributed by atoms with van der Waals surface area (Å²) in [7, 11) is 0. The number of hydrogen-bond donors (Lipinski definition) is 2. The normalized spacial score (nSPS) is 40.3. The van der Waals surface area contributed by atoms with E-state index in [-0.39, 0.29) is 0 Å². The molecule has 2 N–H and O–H groups in total. The van der Waals surface area contributed by atoms with E-state index < -0.39 is 0 Å². The Morgan fingerprint density at radius 2 is 2.14 bits per heavy atom. The van der Waals surface area contributed by atoms with Crippen molar-refractivity contribution in [2.45, 2.75) is 32.4 Å². The minimum atomic E-state index is 0.651. The van der Waals surface area contributed by atoms with E-state index in [9.17, 15) is 0 Å². The molecule has 0 aromatic heterocycles. The highest BCUT2D eigenvalue weighted by atomic mass is 15.2. The maximum absolute atomic E-state index is 3.53. The minimum absolute atomic E-state index is 0.651. The van der Waals surface area contributed by atoms with Gasteiger partial charge in [0.2, 0.25) is 0 Å². The highest BCUT2D eigenvalue weighted by Gasteiger charge is 2.27. The first-order valence-corrected chi connectivity index (χ1v) is 5.95. The Morgan fingerprint density at radius 3 is 2.86 bits per heavy atom. The molecule has 0 aliphatic carbocycles. The molecule has 0 bridgehead atoms. The maximum Gasteiger partial charge on any atom is 0.0219 e. The third-order valence-electron chi connectivity index (χ3n) is 3.82. The lowest BCUT2D eigenvalue weighted by atomic mass is 10.0. The van der Waals surface area contributed by atoms with Crippen LogP contribution in [-0.2, 0) is 0 Å². The van der Waals surface area contributed by atoms with Crippen LogP contribution < -0.4 is 10.6 Å². The van der Waals surface area contributed by atoms with Gasteiger partial charge in [0.15, 0.2) is 0 Å². The molecular weight excluding hydrogens is 174 g/mol. The molecule has 0 aromatic carbocycles. The summed E-state index contributed by atoms with van der Waals surface area (Å²) >= 11 is 0. The second-order valence-corrected chi connectivity index (χ2v) is 4.84. The molecule has 2 heterocycles. The molecule has 2 saturated heterocycles. The molecule has 0 spiro atoms. The van der Waals surface area contributed by atoms with Gasteiger partial charge in [-0.1, -0.05) is 0 Å². The van der Waals surface area contributed by atoms with E-state index in [1.165, 1.54) is 32.6 Å². The molecule has 3 atom stereocenters. The fourth-order valence-corrected chi connectivity index (χ4v) is 2.59. The van der Waals surface area contributed by atoms with Crippen LogP contribution in [0.5, 0.6) is 0 Å². The van der Waals surface area contributed by atoms with Crippen molar-refractivity contribution in [1.82, 2.24) is 15.5 Å². The van der Waals surface area contributed by atoms with Crippen LogP contribution in [0.4, 0.5) is 0 Å². The van der Waals surface area contributed by atoms with Gasteiger partial charge in [-0.25, -0.2) is 0 Å². The van der Waals surface area contributed by atoms with Gasteiger partial charge in [0, 0.05) is 31.7 Å². The monoisotopic (exact) mass is 197 g/mol. The molecule has 2 rings (SSSR count). The number of piperazine rings is 1. The van der Waals surface area contributed by atoms with Crippen molar-refractivity contribution in [1.29, 1.82) is 0 Å². The van der Waals surface area contributed by atoms with Gasteiger partial charge in [-0.2, -0.15) is 0 Å². The summed E-state index contributed by atoms with van der Waals surface area (Å²) in [6.45, 7) is 10.8. The van der Waals surface area contributed by atoms with Gasteiger partial charge in [0.25, 0.3) is 0 Å². The highest BCUT2D eigenvalue weighted by molar-refractivity contribution is 4.86. The van der Waals surface area contributed by atoms with Crippen LogP contribution in [0.25, 0.3) is 0 Å². The van der Waals surface area contributed by atoms with Crippen LogP contribution in [0, 0.1) is 5.92 Å². The molecule has 3 heteroatoms. The van der Waals surface area contributed by atoms with Crippen LogP contribution in [0.1, 0.15) is 20.3 Å². The first-order chi connectivity index (χ1) is 6.77. The predicted molar refractivity (Wildman–Crippen MR) is 59.5 cm³/mol. The van der Waals surface area contributed by atoms with Gasteiger partial charge in [0.05, 0.1) is 0 Å². The highest BCUT2D eigenvalue weighted by Crippen LogP contribution is 2.15. The molecule has 0 saturated carbocycles. The molecule has 0 radical (unpaired) electrons. The van der Waals surface area contributed by atoms with E-state index in [0.29, 0.717) is 12.1 Å². The third kappa shape index (κ3) is 2.27. The van der Waals surface area contributed by atoms with Crippen LogP contribution in [0.2, 0.25) is 0 Å². The van der Waals surface area contributed by atoms with Gasteiger partial charge in [-0.05, 0) is 39.3 Å². The van der Waals surface area contributed by atoms with Crippen molar-refractivity contribution in [2.75, 3.05) is 32.7 Å². The van der Waals surface area contributed by atoms with Crippen molar-refractivity contribution in [3.63, 3.8) is 0 Å². The van der Waals surface area contributed by atoms with E-state index in [4.69, 9.17) is 0 Å². The van der Waals surface area contributed by atoms with Crippen molar-refractivity contribution < 1.29 is 0 Å². The molecule has 3 unspecified atom stereocenters. The second-order valence-electron chi connectivity index (χ2n) is 4.84.